The molecular weight excluding hydrogens is 369 g/mol. The number of carbonyl (C=O) groups excluding carboxylic acids is 1. The minimum atomic E-state index is 0.165. The van der Waals surface area contributed by atoms with Gasteiger partial charge in [-0.1, -0.05) is 41.4 Å². The van der Waals surface area contributed by atoms with Crippen molar-refractivity contribution in [2.24, 2.45) is 0 Å². The van der Waals surface area contributed by atoms with Crippen LogP contribution in [0.2, 0.25) is 10.0 Å². The van der Waals surface area contributed by atoms with E-state index in [0.29, 0.717) is 29.6 Å². The van der Waals surface area contributed by atoms with Crippen LogP contribution in [0.1, 0.15) is 5.56 Å². The Bertz CT molecular complexity index is 925. The summed E-state index contributed by atoms with van der Waals surface area (Å²) in [4.78, 5) is 20.1. The van der Waals surface area contributed by atoms with Crippen molar-refractivity contribution in [3.63, 3.8) is 0 Å². The molecule has 1 N–H and O–H groups in total. The van der Waals surface area contributed by atoms with Gasteiger partial charge in [-0.2, -0.15) is 0 Å². The Kier molecular flexibility index (Phi) is 4.79. The van der Waals surface area contributed by atoms with Gasteiger partial charge in [0.1, 0.15) is 0 Å². The average Bonchev–Trinajstić information content (AvgIpc) is 3.04. The number of nitrogens with zero attached hydrogens (tertiary/aromatic N) is 2. The Morgan fingerprint density at radius 1 is 1.00 bits per heavy atom. The van der Waals surface area contributed by atoms with E-state index in [2.05, 4.69) is 16.0 Å². The lowest BCUT2D eigenvalue weighted by Gasteiger charge is -2.36. The number of aromatic amines is 1. The highest BCUT2D eigenvalue weighted by molar-refractivity contribution is 6.35. The second kappa shape index (κ2) is 7.22. The van der Waals surface area contributed by atoms with E-state index in [1.54, 1.807) is 6.07 Å². The van der Waals surface area contributed by atoms with Crippen LogP contribution in [0.15, 0.2) is 48.7 Å². The number of carbonyl (C=O) groups is 1. The van der Waals surface area contributed by atoms with Crippen LogP contribution in [0, 0.1) is 0 Å². The molecule has 0 saturated carbocycles. The highest BCUT2D eigenvalue weighted by atomic mass is 35.5. The Morgan fingerprint density at radius 2 is 1.69 bits per heavy atom. The van der Waals surface area contributed by atoms with E-state index in [4.69, 9.17) is 23.2 Å². The van der Waals surface area contributed by atoms with Gasteiger partial charge >= 0.3 is 0 Å². The van der Waals surface area contributed by atoms with Crippen LogP contribution in [-0.2, 0) is 11.2 Å². The summed E-state index contributed by atoms with van der Waals surface area (Å²) < 4.78 is 0. The van der Waals surface area contributed by atoms with Crippen molar-refractivity contribution < 1.29 is 4.79 Å². The number of amides is 1. The molecule has 0 spiro atoms. The van der Waals surface area contributed by atoms with E-state index < -0.39 is 0 Å². The van der Waals surface area contributed by atoms with Crippen LogP contribution in [-0.4, -0.2) is 42.0 Å². The summed E-state index contributed by atoms with van der Waals surface area (Å²) in [5, 5.41) is 2.38. The number of aromatic nitrogens is 1. The van der Waals surface area contributed by atoms with Crippen LogP contribution in [0.25, 0.3) is 10.9 Å². The molecule has 1 amide bonds. The zero-order valence-corrected chi connectivity index (χ0v) is 15.7. The molecule has 0 bridgehead atoms. The topological polar surface area (TPSA) is 39.3 Å². The van der Waals surface area contributed by atoms with Crippen LogP contribution < -0.4 is 4.90 Å². The SMILES string of the molecule is O=C(Cc1c[nH]c2ccccc12)N1CCN(c2cc(Cl)cc(Cl)c2)CC1. The molecule has 0 atom stereocenters. The lowest BCUT2D eigenvalue weighted by molar-refractivity contribution is -0.130. The van der Waals surface area contributed by atoms with Crippen molar-refractivity contribution in [3.05, 3.63) is 64.3 Å². The van der Waals surface area contributed by atoms with Gasteiger partial charge in [0.05, 0.1) is 6.42 Å². The fraction of sp³-hybridized carbons (Fsp3) is 0.250. The van der Waals surface area contributed by atoms with Crippen molar-refractivity contribution in [3.8, 4) is 0 Å². The van der Waals surface area contributed by atoms with Crippen molar-refractivity contribution >= 4 is 45.7 Å². The Labute approximate surface area is 162 Å². The van der Waals surface area contributed by atoms with Crippen molar-refractivity contribution in [2.75, 3.05) is 31.1 Å². The number of anilines is 1. The summed E-state index contributed by atoms with van der Waals surface area (Å²) in [6.45, 7) is 2.95. The first-order chi connectivity index (χ1) is 12.6. The first kappa shape index (κ1) is 17.3. The average molecular weight is 388 g/mol. The van der Waals surface area contributed by atoms with E-state index >= 15 is 0 Å². The zero-order valence-electron chi connectivity index (χ0n) is 14.2. The number of halogens is 2. The summed E-state index contributed by atoms with van der Waals surface area (Å²) in [6.07, 6.45) is 2.36. The maximum atomic E-state index is 12.7. The number of hydrogen-bond donors (Lipinski definition) is 1. The van der Waals surface area contributed by atoms with Gasteiger partial charge in [0, 0.05) is 59.0 Å². The molecule has 0 radical (unpaired) electrons. The Hall–Kier alpha value is -2.17. The number of hydrogen-bond acceptors (Lipinski definition) is 2. The third-order valence-electron chi connectivity index (χ3n) is 4.86. The summed E-state index contributed by atoms with van der Waals surface area (Å²) in [5.41, 5.74) is 3.12. The largest absolute Gasteiger partial charge is 0.368 e. The smallest absolute Gasteiger partial charge is 0.227 e. The maximum Gasteiger partial charge on any atom is 0.227 e. The van der Waals surface area contributed by atoms with Crippen LogP contribution in [0.5, 0.6) is 0 Å². The lowest BCUT2D eigenvalue weighted by Crippen LogP contribution is -2.49. The fourth-order valence-electron chi connectivity index (χ4n) is 3.49. The van der Waals surface area contributed by atoms with E-state index in [1.165, 1.54) is 0 Å². The molecular formula is C20H19Cl2N3O. The molecule has 4 nitrogen and oxygen atoms in total. The van der Waals surface area contributed by atoms with E-state index in [9.17, 15) is 4.79 Å². The number of para-hydroxylation sites is 1. The monoisotopic (exact) mass is 387 g/mol. The minimum Gasteiger partial charge on any atom is -0.368 e. The molecule has 4 rings (SSSR count). The van der Waals surface area contributed by atoms with Gasteiger partial charge in [0.25, 0.3) is 0 Å². The maximum absolute atomic E-state index is 12.7. The first-order valence-corrected chi connectivity index (χ1v) is 9.39. The van der Waals surface area contributed by atoms with Gasteiger partial charge in [-0.3, -0.25) is 4.79 Å². The Balaban J connectivity index is 1.40. The molecule has 0 unspecified atom stereocenters. The molecule has 2 heterocycles. The fourth-order valence-corrected chi connectivity index (χ4v) is 4.00. The Morgan fingerprint density at radius 3 is 2.42 bits per heavy atom. The molecule has 3 aromatic rings. The zero-order chi connectivity index (χ0) is 18.1. The van der Waals surface area contributed by atoms with Gasteiger partial charge in [0.2, 0.25) is 5.91 Å². The van der Waals surface area contributed by atoms with Gasteiger partial charge in [-0.15, -0.1) is 0 Å². The van der Waals surface area contributed by atoms with Crippen molar-refractivity contribution in [2.45, 2.75) is 6.42 Å². The van der Waals surface area contributed by atoms with E-state index in [-0.39, 0.29) is 5.91 Å². The van der Waals surface area contributed by atoms with Gasteiger partial charge in [-0.05, 0) is 29.8 Å². The van der Waals surface area contributed by atoms with Crippen LogP contribution >= 0.6 is 23.2 Å². The lowest BCUT2D eigenvalue weighted by atomic mass is 10.1. The van der Waals surface area contributed by atoms with Gasteiger partial charge in [0.15, 0.2) is 0 Å². The highest BCUT2D eigenvalue weighted by Gasteiger charge is 2.22. The highest BCUT2D eigenvalue weighted by Crippen LogP contribution is 2.26. The molecule has 134 valence electrons. The first-order valence-electron chi connectivity index (χ1n) is 8.64. The number of piperazine rings is 1. The molecule has 1 saturated heterocycles. The van der Waals surface area contributed by atoms with Crippen LogP contribution in [0.4, 0.5) is 5.69 Å². The number of H-pyrrole nitrogens is 1. The molecule has 1 aliphatic heterocycles. The van der Waals surface area contributed by atoms with Crippen molar-refractivity contribution in [1.82, 2.24) is 9.88 Å². The normalized spacial score (nSPS) is 14.8. The molecule has 1 fully saturated rings. The second-order valence-electron chi connectivity index (χ2n) is 6.53. The second-order valence-corrected chi connectivity index (χ2v) is 7.40. The quantitative estimate of drug-likeness (QED) is 0.724. The molecule has 1 aromatic heterocycles. The number of fused-ring (bicyclic) bond motifs is 1. The molecule has 2 aromatic carbocycles. The minimum absolute atomic E-state index is 0.165. The predicted molar refractivity (Wildman–Crippen MR) is 107 cm³/mol. The third kappa shape index (κ3) is 3.53. The number of rotatable bonds is 3. The van der Waals surface area contributed by atoms with Crippen LogP contribution in [0.3, 0.4) is 0 Å². The summed E-state index contributed by atoms with van der Waals surface area (Å²) in [6, 6.07) is 13.6. The molecule has 1 aliphatic rings. The predicted octanol–water partition coefficient (Wildman–Crippen LogP) is 4.37. The number of nitrogens with one attached hydrogen (secondary N) is 1. The van der Waals surface area contributed by atoms with E-state index in [1.807, 2.05) is 41.4 Å². The molecule has 6 heteroatoms. The van der Waals surface area contributed by atoms with Crippen molar-refractivity contribution in [1.29, 1.82) is 0 Å². The standard InChI is InChI=1S/C20H19Cl2N3O/c21-15-10-16(22)12-17(11-15)24-5-7-25(8-6-24)20(26)9-14-13-23-19-4-2-1-3-18(14)19/h1-4,10-13,23H,5-9H2. The van der Waals surface area contributed by atoms with Gasteiger partial charge < -0.3 is 14.8 Å². The third-order valence-corrected chi connectivity index (χ3v) is 5.30. The van der Waals surface area contributed by atoms with E-state index in [0.717, 1.165) is 35.2 Å². The molecule has 26 heavy (non-hydrogen) atoms. The number of benzene rings is 2. The molecule has 0 aliphatic carbocycles. The summed E-state index contributed by atoms with van der Waals surface area (Å²) in [5.74, 6) is 0.165. The van der Waals surface area contributed by atoms with Gasteiger partial charge in [-0.25, -0.2) is 0 Å². The summed E-state index contributed by atoms with van der Waals surface area (Å²) >= 11 is 12.2. The summed E-state index contributed by atoms with van der Waals surface area (Å²) in [7, 11) is 0.